The minimum atomic E-state index is -0.617. The molecule has 4 nitrogen and oxygen atoms in total. The van der Waals surface area contributed by atoms with Gasteiger partial charge in [0, 0.05) is 26.2 Å². The molecule has 2 unspecified atom stereocenters. The molecule has 17 heavy (non-hydrogen) atoms. The van der Waals surface area contributed by atoms with Crippen LogP contribution in [0.15, 0.2) is 24.3 Å². The summed E-state index contributed by atoms with van der Waals surface area (Å²) in [6, 6.07) is 9.79. The van der Waals surface area contributed by atoms with Crippen molar-refractivity contribution in [2.75, 3.05) is 19.0 Å². The first kappa shape index (κ1) is 11.5. The minimum Gasteiger partial charge on any atom is -0.456 e. The summed E-state index contributed by atoms with van der Waals surface area (Å²) in [5.41, 5.74) is 2.04. The van der Waals surface area contributed by atoms with Crippen molar-refractivity contribution in [1.82, 2.24) is 0 Å². The van der Waals surface area contributed by atoms with Crippen LogP contribution in [-0.2, 0) is 9.53 Å². The van der Waals surface area contributed by atoms with E-state index in [-0.39, 0.29) is 6.10 Å². The predicted octanol–water partition coefficient (Wildman–Crippen LogP) is 1.88. The normalized spacial score (nSPS) is 23.0. The van der Waals surface area contributed by atoms with Crippen LogP contribution < -0.4 is 4.90 Å². The smallest absolute Gasteiger partial charge is 0.324 e. The highest BCUT2D eigenvalue weighted by molar-refractivity contribution is 5.77. The fourth-order valence-corrected chi connectivity index (χ4v) is 1.88. The van der Waals surface area contributed by atoms with Gasteiger partial charge in [0.1, 0.15) is 12.0 Å². The Morgan fingerprint density at radius 3 is 2.47 bits per heavy atom. The van der Waals surface area contributed by atoms with Crippen LogP contribution in [0.4, 0.5) is 5.69 Å². The summed E-state index contributed by atoms with van der Waals surface area (Å²) in [4.78, 5) is 13.3. The summed E-state index contributed by atoms with van der Waals surface area (Å²) < 4.78 is 5.18. The second-order valence-corrected chi connectivity index (χ2v) is 4.33. The zero-order valence-corrected chi connectivity index (χ0v) is 9.88. The fourth-order valence-electron chi connectivity index (χ4n) is 1.88. The molecule has 4 heteroatoms. The van der Waals surface area contributed by atoms with Crippen molar-refractivity contribution >= 4 is 11.7 Å². The van der Waals surface area contributed by atoms with Crippen molar-refractivity contribution in [3.63, 3.8) is 0 Å². The highest BCUT2D eigenvalue weighted by atomic mass is 16.5. The third kappa shape index (κ3) is 2.23. The summed E-state index contributed by atoms with van der Waals surface area (Å²) in [5, 5.41) is 8.76. The number of ether oxygens (including phenoxy) is 1. The van der Waals surface area contributed by atoms with Crippen LogP contribution in [0.5, 0.6) is 0 Å². The number of carbonyl (C=O) groups excluding carboxylic acids is 1. The van der Waals surface area contributed by atoms with Gasteiger partial charge in [-0.25, -0.2) is 0 Å². The van der Waals surface area contributed by atoms with E-state index in [1.165, 1.54) is 0 Å². The number of esters is 1. The number of anilines is 1. The molecule has 1 saturated heterocycles. The maximum Gasteiger partial charge on any atom is 0.324 e. The van der Waals surface area contributed by atoms with Gasteiger partial charge >= 0.3 is 5.97 Å². The monoisotopic (exact) mass is 230 g/mol. The lowest BCUT2D eigenvalue weighted by Crippen LogP contribution is -2.08. The Morgan fingerprint density at radius 2 is 2.00 bits per heavy atom. The average Bonchev–Trinajstić information content (AvgIpc) is 2.70. The van der Waals surface area contributed by atoms with Crippen LogP contribution in [-0.4, -0.2) is 20.1 Å². The second-order valence-electron chi connectivity index (χ2n) is 4.33. The Hall–Kier alpha value is -2.02. The molecule has 0 bridgehead atoms. The Bertz CT molecular complexity index is 459. The molecule has 0 radical (unpaired) electrons. The number of nitrogens with zero attached hydrogens (tertiary/aromatic N) is 2. The highest BCUT2D eigenvalue weighted by Gasteiger charge is 2.35. The van der Waals surface area contributed by atoms with Crippen molar-refractivity contribution < 1.29 is 9.53 Å². The Kier molecular flexibility index (Phi) is 3.01. The zero-order chi connectivity index (χ0) is 12.4. The first-order chi connectivity index (χ1) is 8.11. The van der Waals surface area contributed by atoms with E-state index >= 15 is 0 Å². The van der Waals surface area contributed by atoms with E-state index in [2.05, 4.69) is 0 Å². The third-order valence-electron chi connectivity index (χ3n) is 2.93. The van der Waals surface area contributed by atoms with Gasteiger partial charge in [0.2, 0.25) is 0 Å². The number of nitriles is 1. The summed E-state index contributed by atoms with van der Waals surface area (Å²) in [7, 11) is 3.94. The average molecular weight is 230 g/mol. The maximum atomic E-state index is 11.3. The molecule has 0 aromatic heterocycles. The molecule has 1 aliphatic heterocycles. The molecule has 1 aromatic rings. The standard InChI is InChI=1S/C13H14N2O2/c1-15(2)11-5-3-9(4-6-11)12-7-10(8-14)13(16)17-12/h3-6,10,12H,7H2,1-2H3. The van der Waals surface area contributed by atoms with E-state index in [1.807, 2.05) is 49.3 Å². The van der Waals surface area contributed by atoms with Crippen molar-refractivity contribution in [2.45, 2.75) is 12.5 Å². The van der Waals surface area contributed by atoms with Crippen LogP contribution in [0.1, 0.15) is 18.1 Å². The summed E-state index contributed by atoms with van der Waals surface area (Å²) >= 11 is 0. The number of benzene rings is 1. The van der Waals surface area contributed by atoms with Crippen LogP contribution >= 0.6 is 0 Å². The van der Waals surface area contributed by atoms with E-state index in [4.69, 9.17) is 10.00 Å². The lowest BCUT2D eigenvalue weighted by molar-refractivity contribution is -0.143. The van der Waals surface area contributed by atoms with Gasteiger partial charge in [-0.3, -0.25) is 4.79 Å². The van der Waals surface area contributed by atoms with E-state index in [0.717, 1.165) is 11.3 Å². The topological polar surface area (TPSA) is 53.3 Å². The number of carbonyl (C=O) groups is 1. The number of hydrogen-bond acceptors (Lipinski definition) is 4. The SMILES string of the molecule is CN(C)c1ccc(C2CC(C#N)C(=O)O2)cc1. The molecule has 0 saturated carbocycles. The molecule has 0 amide bonds. The molecule has 0 N–H and O–H groups in total. The van der Waals surface area contributed by atoms with E-state index < -0.39 is 11.9 Å². The Labute approximate surface area is 100 Å². The molecule has 88 valence electrons. The lowest BCUT2D eigenvalue weighted by Gasteiger charge is -2.14. The quantitative estimate of drug-likeness (QED) is 0.728. The van der Waals surface area contributed by atoms with Gasteiger partial charge in [-0.15, -0.1) is 0 Å². The maximum absolute atomic E-state index is 11.3. The largest absolute Gasteiger partial charge is 0.456 e. The van der Waals surface area contributed by atoms with Gasteiger partial charge in [0.25, 0.3) is 0 Å². The van der Waals surface area contributed by atoms with Crippen molar-refractivity contribution in [3.8, 4) is 6.07 Å². The molecule has 1 aromatic carbocycles. The number of cyclic esters (lactones) is 1. The van der Waals surface area contributed by atoms with Crippen LogP contribution in [0.2, 0.25) is 0 Å². The Balaban J connectivity index is 2.14. The summed E-state index contributed by atoms with van der Waals surface area (Å²) in [6.07, 6.45) is 0.180. The van der Waals surface area contributed by atoms with Gasteiger partial charge < -0.3 is 9.64 Å². The molecule has 2 rings (SSSR count). The lowest BCUT2D eigenvalue weighted by atomic mass is 10.0. The summed E-state index contributed by atoms with van der Waals surface area (Å²) in [6.45, 7) is 0. The number of hydrogen-bond donors (Lipinski definition) is 0. The van der Waals surface area contributed by atoms with Crippen molar-refractivity contribution in [2.24, 2.45) is 5.92 Å². The zero-order valence-electron chi connectivity index (χ0n) is 9.88. The van der Waals surface area contributed by atoms with Crippen LogP contribution in [0.3, 0.4) is 0 Å². The molecule has 1 aliphatic rings. The van der Waals surface area contributed by atoms with E-state index in [0.29, 0.717) is 6.42 Å². The van der Waals surface area contributed by atoms with Crippen molar-refractivity contribution in [1.29, 1.82) is 5.26 Å². The van der Waals surface area contributed by atoms with E-state index in [9.17, 15) is 4.79 Å². The summed E-state index contributed by atoms with van der Waals surface area (Å²) in [5.74, 6) is -1.03. The van der Waals surface area contributed by atoms with Gasteiger partial charge in [-0.05, 0) is 17.7 Å². The molecule has 1 heterocycles. The van der Waals surface area contributed by atoms with Gasteiger partial charge in [-0.1, -0.05) is 12.1 Å². The van der Waals surface area contributed by atoms with Gasteiger partial charge in [0.15, 0.2) is 0 Å². The molecule has 0 aliphatic carbocycles. The first-order valence-corrected chi connectivity index (χ1v) is 5.49. The van der Waals surface area contributed by atoms with E-state index in [1.54, 1.807) is 0 Å². The van der Waals surface area contributed by atoms with Gasteiger partial charge in [-0.2, -0.15) is 5.26 Å². The van der Waals surface area contributed by atoms with Crippen LogP contribution in [0.25, 0.3) is 0 Å². The molecule has 2 atom stereocenters. The van der Waals surface area contributed by atoms with Crippen molar-refractivity contribution in [3.05, 3.63) is 29.8 Å². The van der Waals surface area contributed by atoms with Crippen LogP contribution in [0, 0.1) is 17.2 Å². The minimum absolute atomic E-state index is 0.275. The van der Waals surface area contributed by atoms with Gasteiger partial charge in [0.05, 0.1) is 6.07 Å². The fraction of sp³-hybridized carbons (Fsp3) is 0.385. The molecular formula is C13H14N2O2. The number of rotatable bonds is 2. The first-order valence-electron chi connectivity index (χ1n) is 5.49. The predicted molar refractivity (Wildman–Crippen MR) is 63.3 cm³/mol. The molecule has 1 fully saturated rings. The third-order valence-corrected chi connectivity index (χ3v) is 2.93. The molecule has 0 spiro atoms. The second kappa shape index (κ2) is 4.46. The molecular weight excluding hydrogens is 216 g/mol. The Morgan fingerprint density at radius 1 is 1.35 bits per heavy atom. The highest BCUT2D eigenvalue weighted by Crippen LogP contribution is 2.33.